The average Bonchev–Trinajstić information content (AvgIpc) is 2.94. The van der Waals surface area contributed by atoms with Crippen LogP contribution in [0.4, 0.5) is 0 Å². The van der Waals surface area contributed by atoms with Crippen LogP contribution in [-0.4, -0.2) is 22.9 Å². The predicted octanol–water partition coefficient (Wildman–Crippen LogP) is 3.44. The number of carbonyl (C=O) groups is 1. The minimum atomic E-state index is -0.461. The Balaban J connectivity index is 2.22. The summed E-state index contributed by atoms with van der Waals surface area (Å²) in [6.07, 6.45) is 0. The van der Waals surface area contributed by atoms with Crippen molar-refractivity contribution in [2.75, 3.05) is 7.11 Å². The van der Waals surface area contributed by atoms with E-state index < -0.39 is 6.04 Å². The summed E-state index contributed by atoms with van der Waals surface area (Å²) < 4.78 is 6.56. The molecule has 0 saturated carbocycles. The van der Waals surface area contributed by atoms with E-state index >= 15 is 0 Å². The average molecular weight is 280 g/mol. The number of hydrogen-bond acceptors (Lipinski definition) is 3. The Bertz CT molecular complexity index is 778. The van der Waals surface area contributed by atoms with Crippen LogP contribution in [0.15, 0.2) is 54.6 Å². The van der Waals surface area contributed by atoms with Crippen LogP contribution < -0.4 is 0 Å². The number of carbonyl (C=O) groups excluding carboxylic acids is 1. The van der Waals surface area contributed by atoms with Gasteiger partial charge in [-0.3, -0.25) is 4.68 Å². The zero-order chi connectivity index (χ0) is 14.8. The van der Waals surface area contributed by atoms with Crippen molar-refractivity contribution in [3.05, 3.63) is 54.6 Å². The van der Waals surface area contributed by atoms with Gasteiger partial charge < -0.3 is 4.74 Å². The van der Waals surface area contributed by atoms with E-state index in [2.05, 4.69) is 5.10 Å². The molecule has 1 unspecified atom stereocenters. The highest BCUT2D eigenvalue weighted by Gasteiger charge is 2.21. The number of ether oxygens (including phenoxy) is 1. The molecule has 0 N–H and O–H groups in total. The third-order valence-corrected chi connectivity index (χ3v) is 3.57. The second-order valence-corrected chi connectivity index (χ2v) is 4.88. The molecule has 0 fully saturated rings. The number of aromatic nitrogens is 2. The second kappa shape index (κ2) is 5.40. The molecule has 0 aliphatic rings. The van der Waals surface area contributed by atoms with Gasteiger partial charge in [0.15, 0.2) is 0 Å². The Morgan fingerprint density at radius 3 is 2.48 bits per heavy atom. The lowest BCUT2D eigenvalue weighted by Gasteiger charge is -2.10. The van der Waals surface area contributed by atoms with Gasteiger partial charge in [0.05, 0.1) is 12.6 Å². The highest BCUT2D eigenvalue weighted by Crippen LogP contribution is 2.29. The smallest absolute Gasteiger partial charge is 0.330 e. The summed E-state index contributed by atoms with van der Waals surface area (Å²) in [5.74, 6) is -0.303. The molecule has 4 heteroatoms. The molecule has 1 atom stereocenters. The number of hydrogen-bond donors (Lipinski definition) is 0. The van der Waals surface area contributed by atoms with Crippen molar-refractivity contribution in [1.82, 2.24) is 9.78 Å². The second-order valence-electron chi connectivity index (χ2n) is 4.88. The minimum absolute atomic E-state index is 0.303. The Morgan fingerprint density at radius 1 is 1.10 bits per heavy atom. The van der Waals surface area contributed by atoms with Crippen LogP contribution in [0.2, 0.25) is 0 Å². The summed E-state index contributed by atoms with van der Waals surface area (Å²) >= 11 is 0. The Labute approximate surface area is 123 Å². The zero-order valence-corrected chi connectivity index (χ0v) is 12.0. The van der Waals surface area contributed by atoms with Crippen LogP contribution >= 0.6 is 0 Å². The maximum Gasteiger partial charge on any atom is 0.330 e. The molecular weight excluding hydrogens is 264 g/mol. The van der Waals surface area contributed by atoms with Crippen molar-refractivity contribution in [2.24, 2.45) is 0 Å². The lowest BCUT2D eigenvalue weighted by atomic mass is 10.1. The molecule has 3 rings (SSSR count). The summed E-state index contributed by atoms with van der Waals surface area (Å²) in [5, 5.41) is 5.67. The van der Waals surface area contributed by atoms with Gasteiger partial charge in [0.1, 0.15) is 11.7 Å². The van der Waals surface area contributed by atoms with E-state index in [-0.39, 0.29) is 5.97 Å². The number of rotatable bonds is 3. The van der Waals surface area contributed by atoms with Crippen molar-refractivity contribution in [3.63, 3.8) is 0 Å². The standard InChI is InChI=1S/C17H16N2O2/c1-12(17(20)21-2)19-15-11-7-6-10-14(15)16(18-19)13-8-4-3-5-9-13/h3-12H,1-2H3. The van der Waals surface area contributed by atoms with Gasteiger partial charge in [0.25, 0.3) is 0 Å². The molecule has 0 spiro atoms. The van der Waals surface area contributed by atoms with Crippen molar-refractivity contribution < 1.29 is 9.53 Å². The van der Waals surface area contributed by atoms with E-state index in [1.807, 2.05) is 54.6 Å². The monoisotopic (exact) mass is 280 g/mol. The molecule has 0 aliphatic carbocycles. The van der Waals surface area contributed by atoms with Crippen molar-refractivity contribution in [2.45, 2.75) is 13.0 Å². The first-order valence-electron chi connectivity index (χ1n) is 6.83. The first-order valence-corrected chi connectivity index (χ1v) is 6.83. The fraction of sp³-hybridized carbons (Fsp3) is 0.176. The van der Waals surface area contributed by atoms with Crippen molar-refractivity contribution in [1.29, 1.82) is 0 Å². The molecule has 21 heavy (non-hydrogen) atoms. The van der Waals surface area contributed by atoms with Gasteiger partial charge in [-0.1, -0.05) is 48.5 Å². The zero-order valence-electron chi connectivity index (χ0n) is 12.0. The third kappa shape index (κ3) is 2.29. The fourth-order valence-corrected chi connectivity index (χ4v) is 2.46. The highest BCUT2D eigenvalue weighted by atomic mass is 16.5. The Morgan fingerprint density at radius 2 is 1.76 bits per heavy atom. The van der Waals surface area contributed by atoms with Crippen molar-refractivity contribution in [3.8, 4) is 11.3 Å². The molecule has 2 aromatic carbocycles. The maximum atomic E-state index is 11.8. The lowest BCUT2D eigenvalue weighted by Crippen LogP contribution is -2.18. The molecule has 0 amide bonds. The van der Waals surface area contributed by atoms with Crippen LogP contribution in [0.1, 0.15) is 13.0 Å². The van der Waals surface area contributed by atoms with Crippen molar-refractivity contribution >= 4 is 16.9 Å². The molecule has 0 aliphatic heterocycles. The highest BCUT2D eigenvalue weighted by molar-refractivity contribution is 5.94. The first-order chi connectivity index (χ1) is 10.2. The molecule has 3 aromatic rings. The molecular formula is C17H16N2O2. The molecule has 106 valence electrons. The summed E-state index contributed by atoms with van der Waals surface area (Å²) in [6, 6.07) is 17.4. The summed E-state index contributed by atoms with van der Waals surface area (Å²) in [7, 11) is 1.39. The van der Waals surface area contributed by atoms with Gasteiger partial charge >= 0.3 is 5.97 Å². The summed E-state index contributed by atoms with van der Waals surface area (Å²) in [5.41, 5.74) is 2.83. The fourth-order valence-electron chi connectivity index (χ4n) is 2.46. The number of fused-ring (bicyclic) bond motifs is 1. The van der Waals surface area contributed by atoms with Gasteiger partial charge in [-0.2, -0.15) is 5.10 Å². The summed E-state index contributed by atoms with van der Waals surface area (Å²) in [6.45, 7) is 1.79. The molecule has 0 bridgehead atoms. The molecule has 1 heterocycles. The van der Waals surface area contributed by atoms with E-state index in [1.54, 1.807) is 11.6 Å². The third-order valence-electron chi connectivity index (χ3n) is 3.57. The van der Waals surface area contributed by atoms with Crippen LogP contribution in [0.25, 0.3) is 22.2 Å². The number of para-hydroxylation sites is 1. The SMILES string of the molecule is COC(=O)C(C)n1nc(-c2ccccc2)c2ccccc21. The number of esters is 1. The van der Waals surface area contributed by atoms with E-state index in [0.29, 0.717) is 0 Å². The number of nitrogens with zero attached hydrogens (tertiary/aromatic N) is 2. The van der Waals surface area contributed by atoms with Gasteiger partial charge in [-0.25, -0.2) is 4.79 Å². The predicted molar refractivity (Wildman–Crippen MR) is 81.9 cm³/mol. The normalized spacial score (nSPS) is 12.3. The Hall–Kier alpha value is -2.62. The molecule has 4 nitrogen and oxygen atoms in total. The van der Waals surface area contributed by atoms with E-state index in [4.69, 9.17) is 4.74 Å². The Kier molecular flexibility index (Phi) is 3.44. The lowest BCUT2D eigenvalue weighted by molar-refractivity contribution is -0.144. The van der Waals surface area contributed by atoms with Gasteiger partial charge in [0, 0.05) is 10.9 Å². The molecule has 1 aromatic heterocycles. The molecule has 0 saturated heterocycles. The van der Waals surface area contributed by atoms with E-state index in [1.165, 1.54) is 7.11 Å². The van der Waals surface area contributed by atoms with Crippen LogP contribution in [-0.2, 0) is 9.53 Å². The van der Waals surface area contributed by atoms with E-state index in [9.17, 15) is 4.79 Å². The maximum absolute atomic E-state index is 11.8. The molecule has 0 radical (unpaired) electrons. The van der Waals surface area contributed by atoms with Crippen LogP contribution in [0, 0.1) is 0 Å². The summed E-state index contributed by atoms with van der Waals surface area (Å²) in [4.78, 5) is 11.8. The quantitative estimate of drug-likeness (QED) is 0.690. The largest absolute Gasteiger partial charge is 0.467 e. The van der Waals surface area contributed by atoms with Gasteiger partial charge in [-0.15, -0.1) is 0 Å². The van der Waals surface area contributed by atoms with Crippen LogP contribution in [0.5, 0.6) is 0 Å². The number of methoxy groups -OCH3 is 1. The van der Waals surface area contributed by atoms with E-state index in [0.717, 1.165) is 22.2 Å². The minimum Gasteiger partial charge on any atom is -0.467 e. The number of benzene rings is 2. The first kappa shape index (κ1) is 13.4. The van der Waals surface area contributed by atoms with Gasteiger partial charge in [0.2, 0.25) is 0 Å². The van der Waals surface area contributed by atoms with Crippen LogP contribution in [0.3, 0.4) is 0 Å². The van der Waals surface area contributed by atoms with Gasteiger partial charge in [-0.05, 0) is 13.0 Å². The topological polar surface area (TPSA) is 44.1 Å².